The van der Waals surface area contributed by atoms with Crippen LogP contribution in [-0.2, 0) is 6.61 Å². The highest BCUT2D eigenvalue weighted by atomic mass is 35.5. The van der Waals surface area contributed by atoms with Crippen LogP contribution in [0.25, 0.3) is 0 Å². The van der Waals surface area contributed by atoms with E-state index in [0.29, 0.717) is 35.4 Å². The maximum Gasteiger partial charge on any atom is 0.257 e. The van der Waals surface area contributed by atoms with Gasteiger partial charge in [0.2, 0.25) is 0 Å². The fraction of sp³-hybridized carbons (Fsp3) is 0.350. The van der Waals surface area contributed by atoms with Crippen LogP contribution in [0, 0.1) is 5.92 Å². The largest absolute Gasteiger partial charge is 0.488 e. The van der Waals surface area contributed by atoms with Crippen molar-refractivity contribution in [1.82, 2.24) is 4.90 Å². The lowest BCUT2D eigenvalue weighted by Gasteiger charge is -2.31. The van der Waals surface area contributed by atoms with E-state index in [0.717, 1.165) is 31.5 Å². The van der Waals surface area contributed by atoms with E-state index in [1.165, 1.54) is 0 Å². The molecule has 1 fully saturated rings. The minimum absolute atomic E-state index is 0.0298. The van der Waals surface area contributed by atoms with Gasteiger partial charge in [-0.25, -0.2) is 0 Å². The second-order valence-corrected chi connectivity index (χ2v) is 6.82. The topological polar surface area (TPSA) is 55.6 Å². The molecule has 0 aliphatic carbocycles. The minimum atomic E-state index is 0.0298. The molecule has 2 aromatic carbocycles. The number of benzene rings is 2. The van der Waals surface area contributed by atoms with Gasteiger partial charge in [-0.1, -0.05) is 35.9 Å². The van der Waals surface area contributed by atoms with Crippen LogP contribution in [0.3, 0.4) is 0 Å². The highest BCUT2D eigenvalue weighted by molar-refractivity contribution is 6.30. The number of likely N-dealkylation sites (tertiary alicyclic amines) is 1. The molecular weight excluding hydrogens is 336 g/mol. The van der Waals surface area contributed by atoms with E-state index in [9.17, 15) is 4.79 Å². The second kappa shape index (κ2) is 8.37. The normalized spacial score (nSPS) is 15.2. The van der Waals surface area contributed by atoms with E-state index >= 15 is 0 Å². The summed E-state index contributed by atoms with van der Waals surface area (Å²) < 4.78 is 5.91. The summed E-state index contributed by atoms with van der Waals surface area (Å²) in [4.78, 5) is 14.8. The smallest absolute Gasteiger partial charge is 0.257 e. The van der Waals surface area contributed by atoms with Gasteiger partial charge in [0.25, 0.3) is 5.91 Å². The lowest BCUT2D eigenvalue weighted by atomic mass is 9.96. The second-order valence-electron chi connectivity index (χ2n) is 6.38. The van der Waals surface area contributed by atoms with Crippen molar-refractivity contribution in [2.24, 2.45) is 11.7 Å². The zero-order valence-electron chi connectivity index (χ0n) is 14.2. The maximum atomic E-state index is 12.9. The molecule has 0 atom stereocenters. The van der Waals surface area contributed by atoms with Crippen LogP contribution in [0.4, 0.5) is 0 Å². The first-order chi connectivity index (χ1) is 12.2. The molecule has 132 valence electrons. The number of amides is 1. The number of rotatable bonds is 5. The molecule has 2 N–H and O–H groups in total. The van der Waals surface area contributed by atoms with E-state index in [1.54, 1.807) is 0 Å². The van der Waals surface area contributed by atoms with Crippen LogP contribution < -0.4 is 10.5 Å². The predicted molar refractivity (Wildman–Crippen MR) is 99.9 cm³/mol. The summed E-state index contributed by atoms with van der Waals surface area (Å²) in [5.41, 5.74) is 7.36. The Balaban J connectivity index is 1.68. The SMILES string of the molecule is NCC1CCN(C(=O)c2ccccc2OCc2ccc(Cl)cc2)CC1. The number of para-hydroxylation sites is 1. The third kappa shape index (κ3) is 4.53. The Labute approximate surface area is 153 Å². The standard InChI is InChI=1S/C20H23ClN2O2/c21-17-7-5-16(6-8-17)14-25-19-4-2-1-3-18(19)20(24)23-11-9-15(13-22)10-12-23/h1-8,15H,9-14,22H2. The van der Waals surface area contributed by atoms with Crippen LogP contribution in [0.1, 0.15) is 28.8 Å². The Kier molecular flexibility index (Phi) is 5.95. The monoisotopic (exact) mass is 358 g/mol. The fourth-order valence-corrected chi connectivity index (χ4v) is 3.18. The first kappa shape index (κ1) is 17.8. The lowest BCUT2D eigenvalue weighted by Crippen LogP contribution is -2.40. The van der Waals surface area contributed by atoms with Gasteiger partial charge >= 0.3 is 0 Å². The van der Waals surface area contributed by atoms with Crippen molar-refractivity contribution in [3.05, 3.63) is 64.7 Å². The predicted octanol–water partition coefficient (Wildman–Crippen LogP) is 3.73. The molecule has 0 bridgehead atoms. The molecule has 0 unspecified atom stereocenters. The maximum absolute atomic E-state index is 12.9. The minimum Gasteiger partial charge on any atom is -0.488 e. The Bertz CT molecular complexity index is 710. The molecule has 0 saturated carbocycles. The summed E-state index contributed by atoms with van der Waals surface area (Å²) in [5, 5.41) is 0.695. The van der Waals surface area contributed by atoms with Crippen LogP contribution in [0.5, 0.6) is 5.75 Å². The molecule has 1 heterocycles. The van der Waals surface area contributed by atoms with Crippen LogP contribution in [0.15, 0.2) is 48.5 Å². The van der Waals surface area contributed by atoms with Crippen LogP contribution in [-0.4, -0.2) is 30.4 Å². The van der Waals surface area contributed by atoms with Crippen molar-refractivity contribution in [1.29, 1.82) is 0 Å². The zero-order valence-corrected chi connectivity index (χ0v) is 14.9. The molecule has 1 aliphatic heterocycles. The van der Waals surface area contributed by atoms with E-state index < -0.39 is 0 Å². The van der Waals surface area contributed by atoms with E-state index in [4.69, 9.17) is 22.1 Å². The third-order valence-corrected chi connectivity index (χ3v) is 4.91. The van der Waals surface area contributed by atoms with Gasteiger partial charge in [0.15, 0.2) is 0 Å². The van der Waals surface area contributed by atoms with E-state index in [2.05, 4.69) is 0 Å². The van der Waals surface area contributed by atoms with Gasteiger partial charge in [-0.2, -0.15) is 0 Å². The van der Waals surface area contributed by atoms with Crippen molar-refractivity contribution in [3.63, 3.8) is 0 Å². The Morgan fingerprint density at radius 2 is 1.80 bits per heavy atom. The number of halogens is 1. The van der Waals surface area contributed by atoms with Gasteiger partial charge in [0, 0.05) is 18.1 Å². The molecule has 0 spiro atoms. The van der Waals surface area contributed by atoms with Crippen molar-refractivity contribution >= 4 is 17.5 Å². The molecule has 3 rings (SSSR count). The van der Waals surface area contributed by atoms with Crippen molar-refractivity contribution < 1.29 is 9.53 Å². The number of hydrogen-bond acceptors (Lipinski definition) is 3. The number of hydrogen-bond donors (Lipinski definition) is 1. The number of ether oxygens (including phenoxy) is 1. The van der Waals surface area contributed by atoms with Gasteiger partial charge in [-0.05, 0) is 55.1 Å². The lowest BCUT2D eigenvalue weighted by molar-refractivity contribution is 0.0688. The molecule has 25 heavy (non-hydrogen) atoms. The van der Waals surface area contributed by atoms with Gasteiger partial charge < -0.3 is 15.4 Å². The Morgan fingerprint density at radius 1 is 1.12 bits per heavy atom. The summed E-state index contributed by atoms with van der Waals surface area (Å²) >= 11 is 5.90. The molecule has 5 heteroatoms. The molecule has 1 saturated heterocycles. The van der Waals surface area contributed by atoms with Gasteiger partial charge in [0.1, 0.15) is 12.4 Å². The first-order valence-corrected chi connectivity index (χ1v) is 9.01. The average molecular weight is 359 g/mol. The van der Waals surface area contributed by atoms with Crippen molar-refractivity contribution in [2.75, 3.05) is 19.6 Å². The van der Waals surface area contributed by atoms with E-state index in [-0.39, 0.29) is 5.91 Å². The average Bonchev–Trinajstić information content (AvgIpc) is 2.67. The molecular formula is C20H23ClN2O2. The number of carbonyl (C=O) groups is 1. The van der Waals surface area contributed by atoms with Gasteiger partial charge in [-0.3, -0.25) is 4.79 Å². The summed E-state index contributed by atoms with van der Waals surface area (Å²) in [6.45, 7) is 2.61. The fourth-order valence-electron chi connectivity index (χ4n) is 3.05. The zero-order chi connectivity index (χ0) is 17.6. The Morgan fingerprint density at radius 3 is 2.48 bits per heavy atom. The van der Waals surface area contributed by atoms with Gasteiger partial charge in [0.05, 0.1) is 5.56 Å². The third-order valence-electron chi connectivity index (χ3n) is 4.66. The number of carbonyl (C=O) groups excluding carboxylic acids is 1. The molecule has 4 nitrogen and oxygen atoms in total. The van der Waals surface area contributed by atoms with Crippen LogP contribution >= 0.6 is 11.6 Å². The first-order valence-electron chi connectivity index (χ1n) is 8.63. The van der Waals surface area contributed by atoms with Crippen LogP contribution in [0.2, 0.25) is 5.02 Å². The summed E-state index contributed by atoms with van der Waals surface area (Å²) in [6, 6.07) is 14.9. The van der Waals surface area contributed by atoms with Gasteiger partial charge in [-0.15, -0.1) is 0 Å². The molecule has 0 aromatic heterocycles. The van der Waals surface area contributed by atoms with E-state index in [1.807, 2.05) is 53.4 Å². The molecule has 0 radical (unpaired) electrons. The summed E-state index contributed by atoms with van der Waals surface area (Å²) in [7, 11) is 0. The number of nitrogens with zero attached hydrogens (tertiary/aromatic N) is 1. The highest BCUT2D eigenvalue weighted by Crippen LogP contribution is 2.24. The molecule has 2 aromatic rings. The van der Waals surface area contributed by atoms with Crippen molar-refractivity contribution in [2.45, 2.75) is 19.4 Å². The Hall–Kier alpha value is -2.04. The highest BCUT2D eigenvalue weighted by Gasteiger charge is 2.24. The summed E-state index contributed by atoms with van der Waals surface area (Å²) in [5.74, 6) is 1.17. The quantitative estimate of drug-likeness (QED) is 0.886. The van der Waals surface area contributed by atoms with Crippen molar-refractivity contribution in [3.8, 4) is 5.75 Å². The number of piperidine rings is 1. The molecule has 1 amide bonds. The number of nitrogens with two attached hydrogens (primary N) is 1. The summed E-state index contributed by atoms with van der Waals surface area (Å²) in [6.07, 6.45) is 1.94. The molecule has 1 aliphatic rings.